The Balaban J connectivity index is 1.78. The molecule has 42 heavy (non-hydrogen) atoms. The van der Waals surface area contributed by atoms with Gasteiger partial charge in [0.05, 0.1) is 26.4 Å². The van der Waals surface area contributed by atoms with Gasteiger partial charge in [0, 0.05) is 37.3 Å². The predicted octanol–water partition coefficient (Wildman–Crippen LogP) is 4.77. The largest absolute Gasteiger partial charge is 0.497 e. The number of aliphatic hydroxyl groups is 1. The Bertz CT molecular complexity index is 1290. The first-order valence-electron chi connectivity index (χ1n) is 14.6. The predicted molar refractivity (Wildman–Crippen MR) is 166 cm³/mol. The molecule has 0 saturated carbocycles. The second-order valence-electron chi connectivity index (χ2n) is 10.6. The number of hydrogen-bond acceptors (Lipinski definition) is 6. The van der Waals surface area contributed by atoms with Gasteiger partial charge in [0.25, 0.3) is 11.8 Å². The Hall–Kier alpha value is -3.88. The highest BCUT2D eigenvalue weighted by Gasteiger charge is 2.24. The summed E-state index contributed by atoms with van der Waals surface area (Å²) in [6.45, 7) is 8.10. The van der Waals surface area contributed by atoms with Gasteiger partial charge in [0.15, 0.2) is 0 Å². The Morgan fingerprint density at radius 2 is 1.52 bits per heavy atom. The van der Waals surface area contributed by atoms with E-state index in [0.29, 0.717) is 37.2 Å². The van der Waals surface area contributed by atoms with Crippen molar-refractivity contribution in [1.29, 1.82) is 0 Å². The molecule has 3 aromatic rings. The first kappa shape index (κ1) is 32.6. The summed E-state index contributed by atoms with van der Waals surface area (Å²) in [6, 6.07) is 20.0. The van der Waals surface area contributed by atoms with Crippen LogP contribution in [-0.4, -0.2) is 67.8 Å². The lowest BCUT2D eigenvalue weighted by atomic mass is 9.99. The fourth-order valence-electron chi connectivity index (χ4n) is 4.91. The third kappa shape index (κ3) is 9.60. The second-order valence-corrected chi connectivity index (χ2v) is 10.6. The normalized spacial score (nSPS) is 12.3. The minimum atomic E-state index is -0.878. The average molecular weight is 576 g/mol. The molecular weight excluding hydrogens is 530 g/mol. The van der Waals surface area contributed by atoms with Crippen LogP contribution in [0.1, 0.15) is 64.1 Å². The molecule has 0 aliphatic heterocycles. The molecule has 8 heteroatoms. The number of methoxy groups -OCH3 is 2. The summed E-state index contributed by atoms with van der Waals surface area (Å²) < 4.78 is 10.6. The molecule has 3 aromatic carbocycles. The van der Waals surface area contributed by atoms with Crippen molar-refractivity contribution in [2.24, 2.45) is 0 Å². The van der Waals surface area contributed by atoms with Gasteiger partial charge in [0.2, 0.25) is 0 Å². The number of ether oxygens (including phenoxy) is 2. The van der Waals surface area contributed by atoms with Crippen molar-refractivity contribution in [3.63, 3.8) is 0 Å². The van der Waals surface area contributed by atoms with Gasteiger partial charge in [0.1, 0.15) is 11.5 Å². The SMILES string of the molecule is CCCN(CCC)C(=O)c1cc(C)cc(C(=O)N[C@@H](Cc2ccc(OC)cc2)[C@H](O)CNCc2cccc(OC)c2)c1. The summed E-state index contributed by atoms with van der Waals surface area (Å²) in [5.41, 5.74) is 3.68. The number of nitrogens with one attached hydrogen (secondary N) is 2. The van der Waals surface area contributed by atoms with Crippen LogP contribution in [0, 0.1) is 6.92 Å². The Morgan fingerprint density at radius 3 is 2.17 bits per heavy atom. The second kappa shape index (κ2) is 16.5. The van der Waals surface area contributed by atoms with Gasteiger partial charge in [-0.25, -0.2) is 0 Å². The van der Waals surface area contributed by atoms with Crippen molar-refractivity contribution in [2.45, 2.75) is 58.7 Å². The molecule has 8 nitrogen and oxygen atoms in total. The molecule has 3 N–H and O–H groups in total. The maximum atomic E-state index is 13.6. The van der Waals surface area contributed by atoms with Crippen LogP contribution in [0.15, 0.2) is 66.7 Å². The lowest BCUT2D eigenvalue weighted by molar-refractivity contribution is 0.0755. The number of amides is 2. The maximum Gasteiger partial charge on any atom is 0.253 e. The molecule has 2 atom stereocenters. The van der Waals surface area contributed by atoms with Crippen LogP contribution in [-0.2, 0) is 13.0 Å². The number of aryl methyl sites for hydroxylation is 1. The van der Waals surface area contributed by atoms with Crippen LogP contribution >= 0.6 is 0 Å². The van der Waals surface area contributed by atoms with Gasteiger partial charge in [-0.05, 0) is 85.3 Å². The van der Waals surface area contributed by atoms with E-state index in [1.54, 1.807) is 26.4 Å². The van der Waals surface area contributed by atoms with Gasteiger partial charge in [-0.2, -0.15) is 0 Å². The summed E-state index contributed by atoms with van der Waals surface area (Å²) >= 11 is 0. The van der Waals surface area contributed by atoms with Gasteiger partial charge >= 0.3 is 0 Å². The molecule has 0 bridgehead atoms. The van der Waals surface area contributed by atoms with E-state index >= 15 is 0 Å². The molecule has 0 unspecified atom stereocenters. The maximum absolute atomic E-state index is 13.6. The molecule has 226 valence electrons. The van der Waals surface area contributed by atoms with E-state index in [2.05, 4.69) is 10.6 Å². The number of rotatable bonds is 16. The Morgan fingerprint density at radius 1 is 0.857 bits per heavy atom. The zero-order chi connectivity index (χ0) is 30.5. The van der Waals surface area contributed by atoms with E-state index in [0.717, 1.165) is 41.0 Å². The van der Waals surface area contributed by atoms with Crippen LogP contribution in [0.4, 0.5) is 0 Å². The quantitative estimate of drug-likeness (QED) is 0.228. The number of aliphatic hydroxyl groups excluding tert-OH is 1. The highest BCUT2D eigenvalue weighted by Crippen LogP contribution is 2.17. The zero-order valence-corrected chi connectivity index (χ0v) is 25.5. The fourth-order valence-corrected chi connectivity index (χ4v) is 4.91. The Labute approximate surface area is 250 Å². The number of nitrogens with zero attached hydrogens (tertiary/aromatic N) is 1. The summed E-state index contributed by atoms with van der Waals surface area (Å²) in [7, 11) is 3.24. The summed E-state index contributed by atoms with van der Waals surface area (Å²) in [5, 5.41) is 17.6. The van der Waals surface area contributed by atoms with E-state index in [1.807, 2.05) is 80.3 Å². The molecule has 0 fully saturated rings. The van der Waals surface area contributed by atoms with Crippen molar-refractivity contribution in [3.05, 3.63) is 94.5 Å². The highest BCUT2D eigenvalue weighted by molar-refractivity contribution is 6.00. The standard InChI is InChI=1S/C34H45N3O5/c1-6-15-37(16-7-2)34(40)28-18-24(3)17-27(21-28)33(39)36-31(20-25-11-13-29(41-4)14-12-25)32(38)23-35-22-26-9-8-10-30(19-26)42-5/h8-14,17-19,21,31-32,35,38H,6-7,15-16,20,22-23H2,1-5H3,(H,36,39)/t31-,32+/m0/s1. The van der Waals surface area contributed by atoms with E-state index in [4.69, 9.17) is 9.47 Å². The summed E-state index contributed by atoms with van der Waals surface area (Å²) in [6.07, 6.45) is 1.26. The number of carbonyl (C=O) groups is 2. The fraction of sp³-hybridized carbons (Fsp3) is 0.412. The highest BCUT2D eigenvalue weighted by atomic mass is 16.5. The van der Waals surface area contributed by atoms with Crippen LogP contribution in [0.5, 0.6) is 11.5 Å². The van der Waals surface area contributed by atoms with E-state index in [-0.39, 0.29) is 18.4 Å². The van der Waals surface area contributed by atoms with Gasteiger partial charge < -0.3 is 30.1 Å². The van der Waals surface area contributed by atoms with Crippen molar-refractivity contribution >= 4 is 11.8 Å². The lowest BCUT2D eigenvalue weighted by Crippen LogP contribution is -2.48. The molecule has 0 radical (unpaired) electrons. The smallest absolute Gasteiger partial charge is 0.253 e. The molecule has 0 aliphatic carbocycles. The van der Waals surface area contributed by atoms with Crippen LogP contribution in [0.25, 0.3) is 0 Å². The Kier molecular flexibility index (Phi) is 12.8. The number of benzene rings is 3. The first-order valence-corrected chi connectivity index (χ1v) is 14.6. The molecule has 0 aliphatic rings. The third-order valence-corrected chi connectivity index (χ3v) is 7.07. The molecule has 0 heterocycles. The average Bonchev–Trinajstić information content (AvgIpc) is 3.00. The van der Waals surface area contributed by atoms with Crippen molar-refractivity contribution < 1.29 is 24.2 Å². The summed E-state index contributed by atoms with van der Waals surface area (Å²) in [5.74, 6) is 1.09. The van der Waals surface area contributed by atoms with Crippen molar-refractivity contribution in [3.8, 4) is 11.5 Å². The van der Waals surface area contributed by atoms with Crippen LogP contribution in [0.2, 0.25) is 0 Å². The molecular formula is C34H45N3O5. The van der Waals surface area contributed by atoms with Gasteiger partial charge in [-0.1, -0.05) is 38.1 Å². The molecule has 2 amide bonds. The minimum Gasteiger partial charge on any atom is -0.497 e. The first-order chi connectivity index (χ1) is 20.3. The number of carbonyl (C=O) groups excluding carboxylic acids is 2. The molecule has 0 aromatic heterocycles. The van der Waals surface area contributed by atoms with Crippen molar-refractivity contribution in [1.82, 2.24) is 15.5 Å². The van der Waals surface area contributed by atoms with Gasteiger partial charge in [-0.3, -0.25) is 9.59 Å². The van der Waals surface area contributed by atoms with E-state index < -0.39 is 12.1 Å². The van der Waals surface area contributed by atoms with Crippen LogP contribution in [0.3, 0.4) is 0 Å². The topological polar surface area (TPSA) is 100 Å². The third-order valence-electron chi connectivity index (χ3n) is 7.07. The minimum absolute atomic E-state index is 0.0759. The van der Waals surface area contributed by atoms with E-state index in [9.17, 15) is 14.7 Å². The van der Waals surface area contributed by atoms with E-state index in [1.165, 1.54) is 0 Å². The molecule has 3 rings (SSSR count). The molecule has 0 spiro atoms. The van der Waals surface area contributed by atoms with Crippen LogP contribution < -0.4 is 20.1 Å². The summed E-state index contributed by atoms with van der Waals surface area (Å²) in [4.78, 5) is 28.7. The molecule has 0 saturated heterocycles. The monoisotopic (exact) mass is 575 g/mol. The lowest BCUT2D eigenvalue weighted by Gasteiger charge is -2.25. The zero-order valence-electron chi connectivity index (χ0n) is 25.5. The van der Waals surface area contributed by atoms with Gasteiger partial charge in [-0.15, -0.1) is 0 Å². The number of hydrogen-bond donors (Lipinski definition) is 3. The van der Waals surface area contributed by atoms with Crippen molar-refractivity contribution in [2.75, 3.05) is 33.9 Å².